The quantitative estimate of drug-likeness (QED) is 0.197. The van der Waals surface area contributed by atoms with Gasteiger partial charge in [0.1, 0.15) is 0 Å². The molecule has 0 N–H and O–H groups in total. The predicted octanol–water partition coefficient (Wildman–Crippen LogP) is 12.1. The number of hydrogen-bond donors (Lipinski definition) is 0. The van der Waals surface area contributed by atoms with E-state index < -0.39 is 0 Å². The molecule has 0 aliphatic heterocycles. The van der Waals surface area contributed by atoms with Crippen LogP contribution in [0.1, 0.15) is 0 Å². The third-order valence-electron chi connectivity index (χ3n) is 8.58. The Bertz CT molecular complexity index is 2470. The van der Waals surface area contributed by atoms with Crippen LogP contribution in [0.5, 0.6) is 0 Å². The number of fused-ring (bicyclic) bond motifs is 9. The lowest BCUT2D eigenvalue weighted by Crippen LogP contribution is -2.10. The van der Waals surface area contributed by atoms with Gasteiger partial charge in [0.25, 0.3) is 0 Å². The van der Waals surface area contributed by atoms with Crippen molar-refractivity contribution in [3.05, 3.63) is 152 Å². The molecule has 0 atom stereocenters. The van der Waals surface area contributed by atoms with E-state index >= 15 is 0 Å². The van der Waals surface area contributed by atoms with Crippen LogP contribution in [0, 0.1) is 0 Å². The summed E-state index contributed by atoms with van der Waals surface area (Å²) >= 11 is 1.88. The van der Waals surface area contributed by atoms with E-state index in [9.17, 15) is 0 Å². The normalized spacial score (nSPS) is 11.8. The van der Waals surface area contributed by atoms with E-state index in [4.69, 9.17) is 0 Å². The lowest BCUT2D eigenvalue weighted by atomic mass is 9.97. The third-order valence-corrected chi connectivity index (χ3v) is 9.71. The molecule has 2 heteroatoms. The van der Waals surface area contributed by atoms with Crippen molar-refractivity contribution in [3.8, 4) is 0 Å². The van der Waals surface area contributed by atoms with Crippen LogP contribution in [0.15, 0.2) is 152 Å². The lowest BCUT2D eigenvalue weighted by molar-refractivity contribution is 1.31. The molecule has 1 heterocycles. The van der Waals surface area contributed by atoms with Crippen molar-refractivity contribution >= 4 is 91.7 Å². The van der Waals surface area contributed by atoms with E-state index in [2.05, 4.69) is 157 Å². The third kappa shape index (κ3) is 3.56. The van der Waals surface area contributed by atoms with E-state index in [1.54, 1.807) is 0 Å². The maximum absolute atomic E-state index is 2.42. The fourth-order valence-corrected chi connectivity index (χ4v) is 7.75. The molecule has 0 saturated carbocycles. The zero-order chi connectivity index (χ0) is 27.6. The van der Waals surface area contributed by atoms with Crippen LogP contribution in [-0.4, -0.2) is 0 Å². The van der Waals surface area contributed by atoms with Gasteiger partial charge in [0, 0.05) is 36.9 Å². The first-order chi connectivity index (χ1) is 20.8. The number of rotatable bonds is 3. The highest BCUT2D eigenvalue weighted by molar-refractivity contribution is 7.25. The average molecular weight is 552 g/mol. The Morgan fingerprint density at radius 3 is 1.86 bits per heavy atom. The molecule has 0 bridgehead atoms. The van der Waals surface area contributed by atoms with E-state index in [1.807, 2.05) is 11.3 Å². The van der Waals surface area contributed by atoms with Crippen LogP contribution in [0.4, 0.5) is 17.1 Å². The van der Waals surface area contributed by atoms with Crippen LogP contribution >= 0.6 is 11.3 Å². The molecule has 1 aromatic heterocycles. The fourth-order valence-electron chi connectivity index (χ4n) is 6.62. The number of benzene rings is 8. The summed E-state index contributed by atoms with van der Waals surface area (Å²) in [6.45, 7) is 0. The Morgan fingerprint density at radius 2 is 0.976 bits per heavy atom. The van der Waals surface area contributed by atoms with Gasteiger partial charge in [-0.15, -0.1) is 11.3 Å². The first kappa shape index (κ1) is 23.5. The zero-order valence-corrected chi connectivity index (χ0v) is 23.6. The molecule has 0 saturated heterocycles. The molecule has 0 spiro atoms. The molecule has 0 fully saturated rings. The molecule has 42 heavy (non-hydrogen) atoms. The van der Waals surface area contributed by atoms with Gasteiger partial charge < -0.3 is 4.90 Å². The molecule has 0 aliphatic carbocycles. The van der Waals surface area contributed by atoms with Crippen LogP contribution < -0.4 is 4.90 Å². The van der Waals surface area contributed by atoms with Gasteiger partial charge in [-0.3, -0.25) is 0 Å². The average Bonchev–Trinajstić information content (AvgIpc) is 3.42. The molecule has 0 aliphatic rings. The summed E-state index contributed by atoms with van der Waals surface area (Å²) in [6.07, 6.45) is 0. The monoisotopic (exact) mass is 551 g/mol. The minimum absolute atomic E-state index is 1.14. The summed E-state index contributed by atoms with van der Waals surface area (Å²) in [7, 11) is 0. The summed E-state index contributed by atoms with van der Waals surface area (Å²) in [5.74, 6) is 0. The maximum Gasteiger partial charge on any atom is 0.0546 e. The second-order valence-electron chi connectivity index (χ2n) is 11.0. The molecule has 8 aromatic carbocycles. The highest BCUT2D eigenvalue weighted by Crippen LogP contribution is 2.44. The SMILES string of the molecule is c1ccc(N(c2ccc3ccc4cc5c(cc4c3c2)sc2ccccc25)c2cc3ccccc3c3ccccc23)cc1. The molecule has 0 amide bonds. The van der Waals surface area contributed by atoms with Gasteiger partial charge in [-0.05, 0) is 86.2 Å². The van der Waals surface area contributed by atoms with Gasteiger partial charge in [0.2, 0.25) is 0 Å². The van der Waals surface area contributed by atoms with E-state index in [0.29, 0.717) is 0 Å². The molecule has 9 aromatic rings. The van der Waals surface area contributed by atoms with Crippen LogP contribution in [0.2, 0.25) is 0 Å². The van der Waals surface area contributed by atoms with Gasteiger partial charge in [-0.2, -0.15) is 0 Å². The number of thiophene rings is 1. The van der Waals surface area contributed by atoms with Gasteiger partial charge in [0.05, 0.1) is 5.69 Å². The van der Waals surface area contributed by atoms with Crippen molar-refractivity contribution in [2.24, 2.45) is 0 Å². The number of anilines is 3. The number of para-hydroxylation sites is 1. The Hall–Kier alpha value is -5.18. The fraction of sp³-hybridized carbons (Fsp3) is 0. The number of nitrogens with zero attached hydrogens (tertiary/aromatic N) is 1. The van der Waals surface area contributed by atoms with Crippen LogP contribution in [-0.2, 0) is 0 Å². The van der Waals surface area contributed by atoms with Crippen LogP contribution in [0.25, 0.3) is 63.3 Å². The van der Waals surface area contributed by atoms with E-state index in [-0.39, 0.29) is 0 Å². The molecule has 0 unspecified atom stereocenters. The lowest BCUT2D eigenvalue weighted by Gasteiger charge is -2.28. The summed E-state index contributed by atoms with van der Waals surface area (Å²) < 4.78 is 2.67. The highest BCUT2D eigenvalue weighted by atomic mass is 32.1. The number of hydrogen-bond acceptors (Lipinski definition) is 2. The topological polar surface area (TPSA) is 3.24 Å². The minimum atomic E-state index is 1.14. The van der Waals surface area contributed by atoms with Crippen molar-refractivity contribution < 1.29 is 0 Å². The van der Waals surface area contributed by atoms with Gasteiger partial charge in [-0.1, -0.05) is 103 Å². The van der Waals surface area contributed by atoms with Crippen molar-refractivity contribution in [1.29, 1.82) is 0 Å². The Balaban J connectivity index is 1.34. The first-order valence-corrected chi connectivity index (χ1v) is 15.2. The Morgan fingerprint density at radius 1 is 0.333 bits per heavy atom. The van der Waals surface area contributed by atoms with Gasteiger partial charge in [-0.25, -0.2) is 0 Å². The van der Waals surface area contributed by atoms with Crippen LogP contribution in [0.3, 0.4) is 0 Å². The largest absolute Gasteiger partial charge is 0.310 e. The molecule has 9 rings (SSSR count). The molecular formula is C40H25NS. The summed E-state index contributed by atoms with van der Waals surface area (Å²) in [5, 5.41) is 12.8. The minimum Gasteiger partial charge on any atom is -0.310 e. The van der Waals surface area contributed by atoms with Crippen molar-refractivity contribution in [3.63, 3.8) is 0 Å². The molecule has 0 radical (unpaired) electrons. The standard InChI is InChI=1S/C40H25NS/c1-2-11-29(12-3-1)41(38-23-27-10-4-5-13-31(27)32-14-6-7-15-33(32)38)30-21-20-26-18-19-28-22-37-34-16-8-9-17-39(34)42-40(37)25-36(28)35(26)24-30/h1-25H. The summed E-state index contributed by atoms with van der Waals surface area (Å²) in [4.78, 5) is 2.42. The highest BCUT2D eigenvalue weighted by Gasteiger charge is 2.18. The molecule has 1 nitrogen and oxygen atoms in total. The predicted molar refractivity (Wildman–Crippen MR) is 184 cm³/mol. The maximum atomic E-state index is 2.42. The zero-order valence-electron chi connectivity index (χ0n) is 22.8. The van der Waals surface area contributed by atoms with Gasteiger partial charge in [0.15, 0.2) is 0 Å². The molecular weight excluding hydrogens is 527 g/mol. The summed E-state index contributed by atoms with van der Waals surface area (Å²) in [5.41, 5.74) is 3.48. The van der Waals surface area contributed by atoms with E-state index in [0.717, 1.165) is 11.4 Å². The smallest absolute Gasteiger partial charge is 0.0546 e. The van der Waals surface area contributed by atoms with Crippen molar-refractivity contribution in [1.82, 2.24) is 0 Å². The Kier molecular flexibility index (Phi) is 5.13. The van der Waals surface area contributed by atoms with Crippen molar-refractivity contribution in [2.45, 2.75) is 0 Å². The summed E-state index contributed by atoms with van der Waals surface area (Å²) in [6, 6.07) is 55.6. The molecule has 196 valence electrons. The first-order valence-electron chi connectivity index (χ1n) is 14.4. The van der Waals surface area contributed by atoms with Gasteiger partial charge >= 0.3 is 0 Å². The Labute approximate surface area is 247 Å². The van der Waals surface area contributed by atoms with E-state index in [1.165, 1.54) is 68.9 Å². The van der Waals surface area contributed by atoms with Crippen molar-refractivity contribution in [2.75, 3.05) is 4.90 Å². The second kappa shape index (κ2) is 9.17. The second-order valence-corrected chi connectivity index (χ2v) is 12.1.